The topological polar surface area (TPSA) is 0 Å². The molecule has 0 unspecified atom stereocenters. The van der Waals surface area contributed by atoms with Crippen LogP contribution in [0.2, 0.25) is 0 Å². The van der Waals surface area contributed by atoms with Gasteiger partial charge in [0, 0.05) is 0 Å². The lowest BCUT2D eigenvalue weighted by Crippen LogP contribution is -1.98. The molecule has 0 N–H and O–H groups in total. The van der Waals surface area contributed by atoms with Crippen molar-refractivity contribution in [1.29, 1.82) is 0 Å². The zero-order chi connectivity index (χ0) is 23.2. The van der Waals surface area contributed by atoms with E-state index in [-0.39, 0.29) is 0 Å². The smallest absolute Gasteiger partial charge is 0.0136 e. The third-order valence-electron chi connectivity index (χ3n) is 6.88. The van der Waals surface area contributed by atoms with Crippen LogP contribution in [-0.4, -0.2) is 0 Å². The van der Waals surface area contributed by atoms with Gasteiger partial charge in [-0.05, 0) is 104 Å². The molecule has 0 heteroatoms. The van der Waals surface area contributed by atoms with Crippen LogP contribution in [0.15, 0.2) is 72.8 Å². The zero-order valence-corrected chi connectivity index (χ0v) is 20.9. The van der Waals surface area contributed by atoms with E-state index in [0.717, 1.165) is 12.8 Å². The fraction of sp³-hybridized carbons (Fsp3) is 0.333. The summed E-state index contributed by atoms with van der Waals surface area (Å²) < 4.78 is 0. The predicted octanol–water partition coefficient (Wildman–Crippen LogP) is 10.4. The molecule has 0 bridgehead atoms. The fourth-order valence-corrected chi connectivity index (χ4v) is 5.21. The number of unbranched alkanes of at least 4 members (excludes halogenated alkanes) is 3. The first kappa shape index (κ1) is 23.3. The Labute approximate surface area is 199 Å². The molecule has 0 aromatic heterocycles. The molecule has 0 heterocycles. The minimum absolute atomic E-state index is 1.15. The van der Waals surface area contributed by atoms with Gasteiger partial charge in [-0.1, -0.05) is 95.5 Å². The molecule has 0 radical (unpaired) electrons. The van der Waals surface area contributed by atoms with E-state index in [4.69, 9.17) is 0 Å². The molecule has 5 aromatic rings. The lowest BCUT2D eigenvalue weighted by Gasteiger charge is -2.19. The first-order valence-corrected chi connectivity index (χ1v) is 13.1. The number of fused-ring (bicyclic) bond motifs is 4. The molecule has 5 rings (SSSR count). The number of benzene rings is 5. The van der Waals surface area contributed by atoms with Gasteiger partial charge >= 0.3 is 0 Å². The Morgan fingerprint density at radius 2 is 0.788 bits per heavy atom. The molecule has 0 aliphatic rings. The molecule has 0 nitrogen and oxygen atoms in total. The second-order valence-corrected chi connectivity index (χ2v) is 9.01. The molecule has 0 saturated carbocycles. The van der Waals surface area contributed by atoms with Crippen LogP contribution in [0.4, 0.5) is 0 Å². The van der Waals surface area contributed by atoms with Gasteiger partial charge in [-0.25, -0.2) is 0 Å². The highest BCUT2D eigenvalue weighted by molar-refractivity contribution is 6.13. The summed E-state index contributed by atoms with van der Waals surface area (Å²) in [4.78, 5) is 0. The van der Waals surface area contributed by atoms with Gasteiger partial charge < -0.3 is 0 Å². The number of rotatable bonds is 7. The summed E-state index contributed by atoms with van der Waals surface area (Å²) in [5.74, 6) is 0. The number of hydrogen-bond acceptors (Lipinski definition) is 0. The summed E-state index contributed by atoms with van der Waals surface area (Å²) >= 11 is 0. The summed E-state index contributed by atoms with van der Waals surface area (Å²) in [6.07, 6.45) is 8.58. The Hall–Kier alpha value is -2.86. The predicted molar refractivity (Wildman–Crippen MR) is 150 cm³/mol. The Bertz CT molecular complexity index is 1280. The molecule has 0 aliphatic carbocycles. The van der Waals surface area contributed by atoms with Crippen molar-refractivity contribution in [1.82, 2.24) is 0 Å². The van der Waals surface area contributed by atoms with Crippen LogP contribution < -0.4 is 0 Å². The van der Waals surface area contributed by atoms with Crippen molar-refractivity contribution in [2.75, 3.05) is 0 Å². The van der Waals surface area contributed by atoms with Gasteiger partial charge in [-0.2, -0.15) is 0 Å². The standard InChI is InChI=1S/C31H32.C2H6/c1-3-5-7-17-27-30-20-24-14-10-8-12-22(24)18-28(30)26(16-6-4-2)29-19-23-13-9-11-15-25(23)21-31(27)29;1-2/h8-15,18-21H,3-7,16-17H2,1-2H3;1-2H3. The third kappa shape index (κ3) is 4.62. The van der Waals surface area contributed by atoms with E-state index in [2.05, 4.69) is 86.6 Å². The van der Waals surface area contributed by atoms with Crippen LogP contribution in [0.3, 0.4) is 0 Å². The lowest BCUT2D eigenvalue weighted by atomic mass is 9.85. The zero-order valence-electron chi connectivity index (χ0n) is 20.9. The minimum Gasteiger partial charge on any atom is -0.0683 e. The highest BCUT2D eigenvalue weighted by Gasteiger charge is 2.15. The molecule has 0 spiro atoms. The van der Waals surface area contributed by atoms with E-state index in [1.54, 1.807) is 11.1 Å². The molecular weight excluding hydrogens is 396 g/mol. The molecule has 170 valence electrons. The van der Waals surface area contributed by atoms with E-state index < -0.39 is 0 Å². The molecule has 0 saturated heterocycles. The van der Waals surface area contributed by atoms with Gasteiger partial charge in [0.05, 0.1) is 0 Å². The normalized spacial score (nSPS) is 11.3. The second-order valence-electron chi connectivity index (χ2n) is 9.01. The van der Waals surface area contributed by atoms with E-state index in [1.165, 1.54) is 75.2 Å². The molecule has 5 aromatic carbocycles. The van der Waals surface area contributed by atoms with E-state index in [1.807, 2.05) is 13.8 Å². The van der Waals surface area contributed by atoms with Crippen LogP contribution in [0.5, 0.6) is 0 Å². The van der Waals surface area contributed by atoms with Gasteiger partial charge in [-0.15, -0.1) is 0 Å². The second kappa shape index (κ2) is 10.8. The molecular formula is C33H38. The first-order chi connectivity index (χ1) is 16.3. The number of hydrogen-bond donors (Lipinski definition) is 0. The number of aryl methyl sites for hydroxylation is 2. The molecule has 33 heavy (non-hydrogen) atoms. The molecule has 0 atom stereocenters. The third-order valence-corrected chi connectivity index (χ3v) is 6.88. The van der Waals surface area contributed by atoms with E-state index in [0.29, 0.717) is 0 Å². The van der Waals surface area contributed by atoms with E-state index >= 15 is 0 Å². The van der Waals surface area contributed by atoms with Crippen LogP contribution >= 0.6 is 0 Å². The highest BCUT2D eigenvalue weighted by Crippen LogP contribution is 2.39. The Morgan fingerprint density at radius 3 is 1.12 bits per heavy atom. The quantitative estimate of drug-likeness (QED) is 0.176. The van der Waals surface area contributed by atoms with Crippen LogP contribution in [0.25, 0.3) is 43.1 Å². The minimum atomic E-state index is 1.15. The maximum absolute atomic E-state index is 2.47. The average molecular weight is 435 g/mol. The van der Waals surface area contributed by atoms with Crippen molar-refractivity contribution < 1.29 is 0 Å². The highest BCUT2D eigenvalue weighted by atomic mass is 14.2. The van der Waals surface area contributed by atoms with Gasteiger partial charge in [-0.3, -0.25) is 0 Å². The van der Waals surface area contributed by atoms with Crippen molar-refractivity contribution >= 4 is 43.1 Å². The molecule has 0 aliphatic heterocycles. The first-order valence-electron chi connectivity index (χ1n) is 13.1. The van der Waals surface area contributed by atoms with Crippen LogP contribution in [0.1, 0.15) is 70.9 Å². The SMILES string of the molecule is CC.CCCCCc1c2cc3ccccc3cc2c(CCCC)c2cc3ccccc3cc12. The van der Waals surface area contributed by atoms with Crippen LogP contribution in [0, 0.1) is 0 Å². The van der Waals surface area contributed by atoms with Crippen molar-refractivity contribution in [3.63, 3.8) is 0 Å². The molecule has 0 amide bonds. The summed E-state index contributed by atoms with van der Waals surface area (Å²) in [6, 6.07) is 27.6. The maximum Gasteiger partial charge on any atom is -0.0136 e. The van der Waals surface area contributed by atoms with Crippen molar-refractivity contribution in [2.24, 2.45) is 0 Å². The Balaban J connectivity index is 0.00000126. The molecule has 0 fully saturated rings. The fourth-order valence-electron chi connectivity index (χ4n) is 5.21. The van der Waals surface area contributed by atoms with Gasteiger partial charge in [0.1, 0.15) is 0 Å². The van der Waals surface area contributed by atoms with Gasteiger partial charge in [0.2, 0.25) is 0 Å². The van der Waals surface area contributed by atoms with E-state index in [9.17, 15) is 0 Å². The Kier molecular flexibility index (Phi) is 7.65. The monoisotopic (exact) mass is 434 g/mol. The summed E-state index contributed by atoms with van der Waals surface area (Å²) in [5, 5.41) is 11.3. The van der Waals surface area contributed by atoms with Crippen LogP contribution in [-0.2, 0) is 12.8 Å². The largest absolute Gasteiger partial charge is 0.0683 e. The average Bonchev–Trinajstić information content (AvgIpc) is 2.87. The van der Waals surface area contributed by atoms with Gasteiger partial charge in [0.15, 0.2) is 0 Å². The van der Waals surface area contributed by atoms with Crippen molar-refractivity contribution in [3.05, 3.63) is 83.9 Å². The maximum atomic E-state index is 2.47. The summed E-state index contributed by atoms with van der Waals surface area (Å²) in [5.41, 5.74) is 3.10. The lowest BCUT2D eigenvalue weighted by molar-refractivity contribution is 0.721. The van der Waals surface area contributed by atoms with Crippen molar-refractivity contribution in [2.45, 2.75) is 72.6 Å². The Morgan fingerprint density at radius 1 is 0.455 bits per heavy atom. The van der Waals surface area contributed by atoms with Gasteiger partial charge in [0.25, 0.3) is 0 Å². The summed E-state index contributed by atoms with van der Waals surface area (Å²) in [7, 11) is 0. The summed E-state index contributed by atoms with van der Waals surface area (Å²) in [6.45, 7) is 8.60. The van der Waals surface area contributed by atoms with Crippen molar-refractivity contribution in [3.8, 4) is 0 Å².